The SMILES string of the molecule is Cc1oncc1C(=O)NCCc1ccsc1. The Labute approximate surface area is 97.3 Å². The highest BCUT2D eigenvalue weighted by Gasteiger charge is 2.11. The van der Waals surface area contributed by atoms with E-state index in [1.54, 1.807) is 18.3 Å². The van der Waals surface area contributed by atoms with Crippen molar-refractivity contribution in [1.82, 2.24) is 10.5 Å². The molecule has 0 saturated heterocycles. The minimum Gasteiger partial charge on any atom is -0.361 e. The van der Waals surface area contributed by atoms with Gasteiger partial charge < -0.3 is 9.84 Å². The molecule has 2 aromatic heterocycles. The number of nitrogens with zero attached hydrogens (tertiary/aromatic N) is 1. The van der Waals surface area contributed by atoms with Crippen molar-refractivity contribution in [3.05, 3.63) is 39.9 Å². The van der Waals surface area contributed by atoms with Crippen molar-refractivity contribution in [3.63, 3.8) is 0 Å². The van der Waals surface area contributed by atoms with E-state index in [2.05, 4.69) is 21.9 Å². The predicted octanol–water partition coefficient (Wildman–Crippen LogP) is 2.02. The third-order valence-electron chi connectivity index (χ3n) is 2.27. The van der Waals surface area contributed by atoms with Gasteiger partial charge in [0.05, 0.1) is 6.20 Å². The van der Waals surface area contributed by atoms with Crippen LogP contribution in [-0.4, -0.2) is 17.6 Å². The van der Waals surface area contributed by atoms with Crippen molar-refractivity contribution in [3.8, 4) is 0 Å². The second-order valence-electron chi connectivity index (χ2n) is 3.43. The van der Waals surface area contributed by atoms with Gasteiger partial charge in [0.15, 0.2) is 0 Å². The van der Waals surface area contributed by atoms with Crippen LogP contribution in [0.15, 0.2) is 27.5 Å². The Bertz CT molecular complexity index is 462. The first kappa shape index (κ1) is 10.9. The van der Waals surface area contributed by atoms with Gasteiger partial charge in [-0.1, -0.05) is 5.16 Å². The molecule has 1 amide bonds. The molecule has 16 heavy (non-hydrogen) atoms. The number of hydrogen-bond acceptors (Lipinski definition) is 4. The second kappa shape index (κ2) is 4.94. The molecule has 0 aliphatic rings. The van der Waals surface area contributed by atoms with Crippen LogP contribution in [-0.2, 0) is 6.42 Å². The van der Waals surface area contributed by atoms with Crippen molar-refractivity contribution in [2.45, 2.75) is 13.3 Å². The molecule has 0 fully saturated rings. The van der Waals surface area contributed by atoms with Gasteiger partial charge >= 0.3 is 0 Å². The standard InChI is InChI=1S/C11H12N2O2S/c1-8-10(6-13-15-8)11(14)12-4-2-9-3-5-16-7-9/h3,5-7H,2,4H2,1H3,(H,12,14). The molecular weight excluding hydrogens is 224 g/mol. The van der Waals surface area contributed by atoms with Crippen molar-refractivity contribution < 1.29 is 9.32 Å². The fourth-order valence-electron chi connectivity index (χ4n) is 1.37. The van der Waals surface area contributed by atoms with Crippen LogP contribution >= 0.6 is 11.3 Å². The molecule has 0 bridgehead atoms. The van der Waals surface area contributed by atoms with E-state index in [0.717, 1.165) is 6.42 Å². The lowest BCUT2D eigenvalue weighted by molar-refractivity contribution is 0.0952. The predicted molar refractivity (Wildman–Crippen MR) is 61.6 cm³/mol. The summed E-state index contributed by atoms with van der Waals surface area (Å²) in [5, 5.41) is 10.5. The van der Waals surface area contributed by atoms with Crippen LogP contribution in [0.5, 0.6) is 0 Å². The van der Waals surface area contributed by atoms with E-state index < -0.39 is 0 Å². The lowest BCUT2D eigenvalue weighted by atomic mass is 10.2. The normalized spacial score (nSPS) is 10.3. The highest BCUT2D eigenvalue weighted by atomic mass is 32.1. The molecule has 0 aromatic carbocycles. The molecule has 1 N–H and O–H groups in total. The number of carbonyl (C=O) groups excluding carboxylic acids is 1. The Morgan fingerprint density at radius 3 is 3.12 bits per heavy atom. The summed E-state index contributed by atoms with van der Waals surface area (Å²) in [6, 6.07) is 2.06. The summed E-state index contributed by atoms with van der Waals surface area (Å²) in [4.78, 5) is 11.6. The third kappa shape index (κ3) is 2.49. The van der Waals surface area contributed by atoms with Gasteiger partial charge in [0.2, 0.25) is 0 Å². The Balaban J connectivity index is 1.83. The maximum absolute atomic E-state index is 11.6. The van der Waals surface area contributed by atoms with Crippen LogP contribution < -0.4 is 5.32 Å². The highest BCUT2D eigenvalue weighted by Crippen LogP contribution is 2.07. The first-order valence-corrected chi connectivity index (χ1v) is 5.92. The quantitative estimate of drug-likeness (QED) is 0.883. The Morgan fingerprint density at radius 2 is 2.50 bits per heavy atom. The molecule has 84 valence electrons. The first-order chi connectivity index (χ1) is 7.77. The molecule has 0 radical (unpaired) electrons. The number of amides is 1. The van der Waals surface area contributed by atoms with Crippen LogP contribution in [0.2, 0.25) is 0 Å². The zero-order chi connectivity index (χ0) is 11.4. The fraction of sp³-hybridized carbons (Fsp3) is 0.273. The maximum Gasteiger partial charge on any atom is 0.256 e. The molecule has 0 saturated carbocycles. The van der Waals surface area contributed by atoms with Gasteiger partial charge in [-0.15, -0.1) is 0 Å². The Kier molecular flexibility index (Phi) is 3.36. The largest absolute Gasteiger partial charge is 0.361 e. The summed E-state index contributed by atoms with van der Waals surface area (Å²) in [6.45, 7) is 2.35. The van der Waals surface area contributed by atoms with Crippen molar-refractivity contribution >= 4 is 17.2 Å². The number of aromatic nitrogens is 1. The molecule has 0 unspecified atom stereocenters. The lowest BCUT2D eigenvalue weighted by Crippen LogP contribution is -2.25. The van der Waals surface area contributed by atoms with Crippen LogP contribution in [0.25, 0.3) is 0 Å². The van der Waals surface area contributed by atoms with E-state index in [1.807, 2.05) is 5.38 Å². The van der Waals surface area contributed by atoms with E-state index >= 15 is 0 Å². The molecular formula is C11H12N2O2S. The van der Waals surface area contributed by atoms with Gasteiger partial charge in [-0.3, -0.25) is 4.79 Å². The van der Waals surface area contributed by atoms with E-state index in [0.29, 0.717) is 17.9 Å². The van der Waals surface area contributed by atoms with Gasteiger partial charge in [-0.25, -0.2) is 0 Å². The van der Waals surface area contributed by atoms with Gasteiger partial charge in [0, 0.05) is 6.54 Å². The van der Waals surface area contributed by atoms with E-state index in [4.69, 9.17) is 4.52 Å². The smallest absolute Gasteiger partial charge is 0.256 e. The molecule has 5 heteroatoms. The Hall–Kier alpha value is -1.62. The summed E-state index contributed by atoms with van der Waals surface area (Å²) >= 11 is 1.66. The molecule has 2 aromatic rings. The minimum atomic E-state index is -0.131. The summed E-state index contributed by atoms with van der Waals surface area (Å²) < 4.78 is 4.83. The number of nitrogens with one attached hydrogen (secondary N) is 1. The Morgan fingerprint density at radius 1 is 1.62 bits per heavy atom. The van der Waals surface area contributed by atoms with Crippen molar-refractivity contribution in [2.24, 2.45) is 0 Å². The highest BCUT2D eigenvalue weighted by molar-refractivity contribution is 7.07. The second-order valence-corrected chi connectivity index (χ2v) is 4.21. The van der Waals surface area contributed by atoms with Crippen molar-refractivity contribution in [1.29, 1.82) is 0 Å². The zero-order valence-corrected chi connectivity index (χ0v) is 9.71. The molecule has 2 heterocycles. The molecule has 0 atom stereocenters. The van der Waals surface area contributed by atoms with Crippen LogP contribution in [0.3, 0.4) is 0 Å². The average molecular weight is 236 g/mol. The molecule has 0 aliphatic carbocycles. The monoisotopic (exact) mass is 236 g/mol. The van der Waals surface area contributed by atoms with Gasteiger partial charge in [-0.05, 0) is 35.7 Å². The van der Waals surface area contributed by atoms with Gasteiger partial charge in [0.1, 0.15) is 11.3 Å². The molecule has 2 rings (SSSR count). The number of thiophene rings is 1. The van der Waals surface area contributed by atoms with Crippen molar-refractivity contribution in [2.75, 3.05) is 6.54 Å². The molecule has 4 nitrogen and oxygen atoms in total. The summed E-state index contributed by atoms with van der Waals surface area (Å²) in [6.07, 6.45) is 2.29. The first-order valence-electron chi connectivity index (χ1n) is 4.98. The van der Waals surface area contributed by atoms with Crippen LogP contribution in [0.4, 0.5) is 0 Å². The lowest BCUT2D eigenvalue weighted by Gasteiger charge is -2.02. The number of aryl methyl sites for hydroxylation is 1. The summed E-state index contributed by atoms with van der Waals surface area (Å²) in [7, 11) is 0. The van der Waals surface area contributed by atoms with E-state index in [-0.39, 0.29) is 5.91 Å². The van der Waals surface area contributed by atoms with Gasteiger partial charge in [-0.2, -0.15) is 11.3 Å². The minimum absolute atomic E-state index is 0.131. The molecule has 0 aliphatic heterocycles. The number of carbonyl (C=O) groups is 1. The number of rotatable bonds is 4. The van der Waals surface area contributed by atoms with Crippen LogP contribution in [0, 0.1) is 6.92 Å². The van der Waals surface area contributed by atoms with E-state index in [1.165, 1.54) is 11.8 Å². The summed E-state index contributed by atoms with van der Waals surface area (Å²) in [5.41, 5.74) is 1.75. The fourth-order valence-corrected chi connectivity index (χ4v) is 2.07. The third-order valence-corrected chi connectivity index (χ3v) is 3.01. The zero-order valence-electron chi connectivity index (χ0n) is 8.90. The van der Waals surface area contributed by atoms with E-state index in [9.17, 15) is 4.79 Å². The number of hydrogen-bond donors (Lipinski definition) is 1. The maximum atomic E-state index is 11.6. The van der Waals surface area contributed by atoms with Crippen LogP contribution in [0.1, 0.15) is 21.7 Å². The average Bonchev–Trinajstić information content (AvgIpc) is 2.88. The van der Waals surface area contributed by atoms with Gasteiger partial charge in [0.25, 0.3) is 5.91 Å². The summed E-state index contributed by atoms with van der Waals surface area (Å²) in [5.74, 6) is 0.419. The topological polar surface area (TPSA) is 55.1 Å². The molecule has 0 spiro atoms.